The quantitative estimate of drug-likeness (QED) is 0.874. The van der Waals surface area contributed by atoms with Crippen molar-refractivity contribution < 1.29 is 9.47 Å². The summed E-state index contributed by atoms with van der Waals surface area (Å²) in [6, 6.07) is 3.82. The Hall–Kier alpha value is -1.49. The summed E-state index contributed by atoms with van der Waals surface area (Å²) >= 11 is 3.53. The first-order valence-corrected chi connectivity index (χ1v) is 5.86. The van der Waals surface area contributed by atoms with Gasteiger partial charge in [0.2, 0.25) is 0 Å². The third-order valence-electron chi connectivity index (χ3n) is 2.55. The molecule has 1 aromatic carbocycles. The van der Waals surface area contributed by atoms with Crippen LogP contribution in [0, 0.1) is 0 Å². The Morgan fingerprint density at radius 1 is 1.24 bits per heavy atom. The van der Waals surface area contributed by atoms with Crippen LogP contribution in [0.3, 0.4) is 0 Å². The summed E-state index contributed by atoms with van der Waals surface area (Å²) in [7, 11) is 5.18. The largest absolute Gasteiger partial charge is 0.493 e. The molecule has 1 aromatic heterocycles. The zero-order valence-electron chi connectivity index (χ0n) is 9.90. The standard InChI is InChI=1S/C12H13BrN2O2/c1-15-7-6-14-12(15)8-4-5-9(16-2)11(17-3)10(8)13/h4-7H,1-3H3. The molecule has 4 nitrogen and oxygen atoms in total. The Morgan fingerprint density at radius 2 is 2.00 bits per heavy atom. The van der Waals surface area contributed by atoms with Crippen LogP contribution in [0.1, 0.15) is 0 Å². The number of ether oxygens (including phenoxy) is 2. The van der Waals surface area contributed by atoms with Gasteiger partial charge in [-0.1, -0.05) is 0 Å². The number of hydrogen-bond donors (Lipinski definition) is 0. The van der Waals surface area contributed by atoms with Crippen molar-refractivity contribution in [2.75, 3.05) is 14.2 Å². The van der Waals surface area contributed by atoms with E-state index >= 15 is 0 Å². The fraction of sp³-hybridized carbons (Fsp3) is 0.250. The molecule has 2 aromatic rings. The van der Waals surface area contributed by atoms with E-state index in [1.807, 2.05) is 29.9 Å². The minimum Gasteiger partial charge on any atom is -0.493 e. The number of methoxy groups -OCH3 is 2. The molecule has 0 N–H and O–H groups in total. The van der Waals surface area contributed by atoms with Crippen LogP contribution in [0.2, 0.25) is 0 Å². The molecular formula is C12H13BrN2O2. The Bertz CT molecular complexity index is 537. The lowest BCUT2D eigenvalue weighted by atomic mass is 10.2. The Balaban J connectivity index is 2.61. The van der Waals surface area contributed by atoms with E-state index in [1.54, 1.807) is 20.4 Å². The highest BCUT2D eigenvalue weighted by Crippen LogP contribution is 2.41. The van der Waals surface area contributed by atoms with E-state index in [-0.39, 0.29) is 0 Å². The zero-order valence-corrected chi connectivity index (χ0v) is 11.5. The van der Waals surface area contributed by atoms with Crippen LogP contribution in [-0.4, -0.2) is 23.8 Å². The van der Waals surface area contributed by atoms with Gasteiger partial charge in [0.1, 0.15) is 5.82 Å². The molecular weight excluding hydrogens is 284 g/mol. The normalized spacial score (nSPS) is 10.4. The summed E-state index contributed by atoms with van der Waals surface area (Å²) in [6.45, 7) is 0. The van der Waals surface area contributed by atoms with Crippen molar-refractivity contribution in [1.29, 1.82) is 0 Å². The smallest absolute Gasteiger partial charge is 0.175 e. The molecule has 0 saturated carbocycles. The lowest BCUT2D eigenvalue weighted by Gasteiger charge is -2.12. The topological polar surface area (TPSA) is 36.3 Å². The fourth-order valence-electron chi connectivity index (χ4n) is 1.69. The predicted octanol–water partition coefficient (Wildman–Crippen LogP) is 2.87. The highest BCUT2D eigenvalue weighted by Gasteiger charge is 2.16. The van der Waals surface area contributed by atoms with E-state index < -0.39 is 0 Å². The first kappa shape index (κ1) is 12.0. The molecule has 0 aliphatic heterocycles. The van der Waals surface area contributed by atoms with E-state index in [1.165, 1.54) is 0 Å². The van der Waals surface area contributed by atoms with Gasteiger partial charge in [-0.05, 0) is 28.1 Å². The van der Waals surface area contributed by atoms with E-state index in [4.69, 9.17) is 9.47 Å². The van der Waals surface area contributed by atoms with Gasteiger partial charge < -0.3 is 14.0 Å². The summed E-state index contributed by atoms with van der Waals surface area (Å²) in [4.78, 5) is 4.31. The molecule has 0 amide bonds. The number of benzene rings is 1. The number of halogens is 1. The number of imidazole rings is 1. The van der Waals surface area contributed by atoms with Crippen LogP contribution >= 0.6 is 15.9 Å². The van der Waals surface area contributed by atoms with Gasteiger partial charge in [-0.25, -0.2) is 4.98 Å². The number of rotatable bonds is 3. The van der Waals surface area contributed by atoms with Gasteiger partial charge in [0.25, 0.3) is 0 Å². The molecule has 0 aliphatic rings. The van der Waals surface area contributed by atoms with Gasteiger partial charge in [-0.15, -0.1) is 0 Å². The van der Waals surface area contributed by atoms with Crippen molar-refractivity contribution in [2.45, 2.75) is 0 Å². The van der Waals surface area contributed by atoms with E-state index in [9.17, 15) is 0 Å². The highest BCUT2D eigenvalue weighted by molar-refractivity contribution is 9.10. The van der Waals surface area contributed by atoms with Crippen molar-refractivity contribution >= 4 is 15.9 Å². The number of aryl methyl sites for hydroxylation is 1. The molecule has 0 fully saturated rings. The summed E-state index contributed by atoms with van der Waals surface area (Å²) in [5, 5.41) is 0. The molecule has 0 unspecified atom stereocenters. The molecule has 0 atom stereocenters. The predicted molar refractivity (Wildman–Crippen MR) is 69.4 cm³/mol. The van der Waals surface area contributed by atoms with Crippen molar-refractivity contribution in [3.63, 3.8) is 0 Å². The third kappa shape index (κ3) is 2.02. The van der Waals surface area contributed by atoms with Gasteiger partial charge in [-0.3, -0.25) is 0 Å². The van der Waals surface area contributed by atoms with E-state index in [0.29, 0.717) is 11.5 Å². The van der Waals surface area contributed by atoms with Crippen LogP contribution in [-0.2, 0) is 7.05 Å². The van der Waals surface area contributed by atoms with Crippen LogP contribution in [0.15, 0.2) is 29.0 Å². The lowest BCUT2D eigenvalue weighted by Crippen LogP contribution is -1.96. The number of aromatic nitrogens is 2. The van der Waals surface area contributed by atoms with Gasteiger partial charge >= 0.3 is 0 Å². The molecule has 0 bridgehead atoms. The van der Waals surface area contributed by atoms with Gasteiger partial charge in [0.05, 0.1) is 18.7 Å². The van der Waals surface area contributed by atoms with Crippen molar-refractivity contribution in [3.8, 4) is 22.9 Å². The summed E-state index contributed by atoms with van der Waals surface area (Å²) in [6.07, 6.45) is 3.66. The Morgan fingerprint density at radius 3 is 2.53 bits per heavy atom. The highest BCUT2D eigenvalue weighted by atomic mass is 79.9. The lowest BCUT2D eigenvalue weighted by molar-refractivity contribution is 0.353. The van der Waals surface area contributed by atoms with Crippen LogP contribution in [0.4, 0.5) is 0 Å². The number of hydrogen-bond acceptors (Lipinski definition) is 3. The number of nitrogens with zero attached hydrogens (tertiary/aromatic N) is 2. The minimum atomic E-state index is 0.674. The molecule has 2 rings (SSSR count). The SMILES string of the molecule is COc1ccc(-c2nccn2C)c(Br)c1OC. The van der Waals surface area contributed by atoms with Crippen LogP contribution < -0.4 is 9.47 Å². The first-order valence-electron chi connectivity index (χ1n) is 5.07. The van der Waals surface area contributed by atoms with Crippen LogP contribution in [0.5, 0.6) is 11.5 Å². The Labute approximate surface area is 108 Å². The monoisotopic (exact) mass is 296 g/mol. The third-order valence-corrected chi connectivity index (χ3v) is 3.33. The van der Waals surface area contributed by atoms with E-state index in [2.05, 4.69) is 20.9 Å². The average Bonchev–Trinajstić information content (AvgIpc) is 2.75. The second-order valence-electron chi connectivity index (χ2n) is 3.52. The van der Waals surface area contributed by atoms with Crippen molar-refractivity contribution in [2.24, 2.45) is 7.05 Å². The molecule has 5 heteroatoms. The Kier molecular flexibility index (Phi) is 3.38. The van der Waals surface area contributed by atoms with E-state index in [0.717, 1.165) is 15.9 Å². The second-order valence-corrected chi connectivity index (χ2v) is 4.32. The average molecular weight is 297 g/mol. The molecule has 0 saturated heterocycles. The van der Waals surface area contributed by atoms with Crippen LogP contribution in [0.25, 0.3) is 11.4 Å². The molecule has 1 heterocycles. The minimum absolute atomic E-state index is 0.674. The molecule has 17 heavy (non-hydrogen) atoms. The molecule has 0 aliphatic carbocycles. The fourth-order valence-corrected chi connectivity index (χ4v) is 2.35. The van der Waals surface area contributed by atoms with Crippen molar-refractivity contribution in [3.05, 3.63) is 29.0 Å². The summed E-state index contributed by atoms with van der Waals surface area (Å²) in [5.41, 5.74) is 0.968. The van der Waals surface area contributed by atoms with Gasteiger partial charge in [0, 0.05) is 25.0 Å². The maximum absolute atomic E-state index is 5.34. The maximum atomic E-state index is 5.34. The van der Waals surface area contributed by atoms with Crippen molar-refractivity contribution in [1.82, 2.24) is 9.55 Å². The molecule has 90 valence electrons. The summed E-state index contributed by atoms with van der Waals surface area (Å²) in [5.74, 6) is 2.24. The molecule has 0 radical (unpaired) electrons. The first-order chi connectivity index (χ1) is 8.19. The zero-order chi connectivity index (χ0) is 12.4. The maximum Gasteiger partial charge on any atom is 0.175 e. The summed E-state index contributed by atoms with van der Waals surface area (Å²) < 4.78 is 13.4. The van der Waals surface area contributed by atoms with Gasteiger partial charge in [-0.2, -0.15) is 0 Å². The van der Waals surface area contributed by atoms with Gasteiger partial charge in [0.15, 0.2) is 11.5 Å². The second kappa shape index (κ2) is 4.79. The molecule has 0 spiro atoms.